The molecule has 0 aliphatic carbocycles. The van der Waals surface area contributed by atoms with E-state index < -0.39 is 10.0 Å². The minimum atomic E-state index is -3.32. The number of benzene rings is 1. The van der Waals surface area contributed by atoms with Crippen LogP contribution in [0.2, 0.25) is 0 Å². The number of rotatable bonds is 4. The van der Waals surface area contributed by atoms with Crippen LogP contribution >= 0.6 is 11.6 Å². The smallest absolute Gasteiger partial charge is 0.218 e. The second-order valence-electron chi connectivity index (χ2n) is 5.28. The highest BCUT2D eigenvalue weighted by molar-refractivity contribution is 7.88. The highest BCUT2D eigenvalue weighted by atomic mass is 35.5. The largest absolute Gasteiger partial charge is 0.373 e. The van der Waals surface area contributed by atoms with E-state index in [-0.39, 0.29) is 18.0 Å². The molecule has 0 bridgehead atoms. The zero-order chi connectivity index (χ0) is 14.8. The molecule has 1 heterocycles. The lowest BCUT2D eigenvalue weighted by molar-refractivity contribution is -0.0441. The molecule has 0 amide bonds. The van der Waals surface area contributed by atoms with Crippen molar-refractivity contribution in [2.75, 3.05) is 13.1 Å². The van der Waals surface area contributed by atoms with Crippen LogP contribution in [0.25, 0.3) is 0 Å². The van der Waals surface area contributed by atoms with E-state index in [4.69, 9.17) is 16.3 Å². The third kappa shape index (κ3) is 3.95. The van der Waals surface area contributed by atoms with Crippen molar-refractivity contribution in [3.8, 4) is 0 Å². The van der Waals surface area contributed by atoms with Crippen LogP contribution in [0, 0.1) is 0 Å². The number of halogens is 1. The molecule has 0 unspecified atom stereocenters. The van der Waals surface area contributed by atoms with Gasteiger partial charge in [0.2, 0.25) is 10.0 Å². The van der Waals surface area contributed by atoms with Gasteiger partial charge in [0.25, 0.3) is 0 Å². The van der Waals surface area contributed by atoms with Crippen LogP contribution in [0.15, 0.2) is 24.3 Å². The van der Waals surface area contributed by atoms with Crippen molar-refractivity contribution in [3.63, 3.8) is 0 Å². The minimum absolute atomic E-state index is 0.0111. The maximum Gasteiger partial charge on any atom is 0.218 e. The summed E-state index contributed by atoms with van der Waals surface area (Å²) in [5.74, 6) is 0.399. The lowest BCUT2D eigenvalue weighted by atomic mass is 10.2. The van der Waals surface area contributed by atoms with E-state index in [9.17, 15) is 8.42 Å². The molecule has 1 saturated heterocycles. The van der Waals surface area contributed by atoms with Gasteiger partial charge in [0.15, 0.2) is 0 Å². The quantitative estimate of drug-likeness (QED) is 0.801. The van der Waals surface area contributed by atoms with E-state index in [2.05, 4.69) is 0 Å². The Labute approximate surface area is 125 Å². The van der Waals surface area contributed by atoms with E-state index in [1.807, 2.05) is 38.1 Å². The van der Waals surface area contributed by atoms with Crippen molar-refractivity contribution in [2.45, 2.75) is 37.7 Å². The van der Waals surface area contributed by atoms with Crippen molar-refractivity contribution >= 4 is 21.6 Å². The molecule has 0 N–H and O–H groups in total. The van der Waals surface area contributed by atoms with Gasteiger partial charge < -0.3 is 4.74 Å². The van der Waals surface area contributed by atoms with Crippen LogP contribution in [0.4, 0.5) is 0 Å². The Morgan fingerprint density at radius 1 is 1.25 bits per heavy atom. The van der Waals surface area contributed by atoms with Gasteiger partial charge in [-0.15, -0.1) is 11.6 Å². The fraction of sp³-hybridized carbons (Fsp3) is 0.571. The van der Waals surface area contributed by atoms with Gasteiger partial charge in [0.1, 0.15) is 0 Å². The second-order valence-corrected chi connectivity index (χ2v) is 7.52. The summed E-state index contributed by atoms with van der Waals surface area (Å²) in [6.45, 7) is 4.63. The molecule has 2 rings (SSSR count). The molecule has 2 atom stereocenters. The van der Waals surface area contributed by atoms with Gasteiger partial charge in [0, 0.05) is 19.0 Å². The first-order chi connectivity index (χ1) is 9.40. The fourth-order valence-corrected chi connectivity index (χ4v) is 4.29. The van der Waals surface area contributed by atoms with Gasteiger partial charge in [-0.3, -0.25) is 0 Å². The van der Waals surface area contributed by atoms with Gasteiger partial charge >= 0.3 is 0 Å². The van der Waals surface area contributed by atoms with Crippen LogP contribution in [0.3, 0.4) is 0 Å². The van der Waals surface area contributed by atoms with Gasteiger partial charge in [-0.2, -0.15) is 4.31 Å². The average molecular weight is 318 g/mol. The summed E-state index contributed by atoms with van der Waals surface area (Å²) in [5, 5.41) is 0. The Morgan fingerprint density at radius 2 is 1.85 bits per heavy atom. The van der Waals surface area contributed by atoms with Crippen molar-refractivity contribution in [1.82, 2.24) is 4.31 Å². The molecule has 0 aromatic heterocycles. The Bertz CT molecular complexity index is 551. The van der Waals surface area contributed by atoms with Gasteiger partial charge in [-0.1, -0.05) is 24.3 Å². The Hall–Kier alpha value is -0.620. The van der Waals surface area contributed by atoms with Crippen LogP contribution in [0.1, 0.15) is 25.0 Å². The number of ether oxygens (including phenoxy) is 1. The summed E-state index contributed by atoms with van der Waals surface area (Å²) in [7, 11) is -3.32. The molecule has 1 aromatic rings. The summed E-state index contributed by atoms with van der Waals surface area (Å²) in [6.07, 6.45) is -0.134. The fourth-order valence-electron chi connectivity index (χ4n) is 2.46. The third-order valence-corrected chi connectivity index (χ3v) is 5.37. The van der Waals surface area contributed by atoms with Crippen molar-refractivity contribution in [2.24, 2.45) is 0 Å². The van der Waals surface area contributed by atoms with E-state index in [1.54, 1.807) is 0 Å². The summed E-state index contributed by atoms with van der Waals surface area (Å²) in [5.41, 5.74) is 1.71. The topological polar surface area (TPSA) is 46.6 Å². The predicted octanol–water partition coefficient (Wildman–Crippen LogP) is 2.36. The van der Waals surface area contributed by atoms with Crippen molar-refractivity contribution in [3.05, 3.63) is 35.4 Å². The lowest BCUT2D eigenvalue weighted by Gasteiger charge is -2.34. The molecule has 6 heteroatoms. The number of sulfonamides is 1. The number of morpholine rings is 1. The molecule has 0 radical (unpaired) electrons. The maximum atomic E-state index is 12.5. The molecular weight excluding hydrogens is 298 g/mol. The van der Waals surface area contributed by atoms with E-state index in [0.29, 0.717) is 19.0 Å². The maximum absolute atomic E-state index is 12.5. The van der Waals surface area contributed by atoms with Crippen LogP contribution in [0.5, 0.6) is 0 Å². The Morgan fingerprint density at radius 3 is 2.45 bits per heavy atom. The first-order valence-electron chi connectivity index (χ1n) is 6.68. The molecule has 112 valence electrons. The monoisotopic (exact) mass is 317 g/mol. The molecule has 20 heavy (non-hydrogen) atoms. The molecule has 0 saturated carbocycles. The SMILES string of the molecule is C[C@@H]1CN(S(=O)(=O)Cc2cccc(CCl)c2)C[C@H](C)O1. The molecule has 1 aliphatic heterocycles. The summed E-state index contributed by atoms with van der Waals surface area (Å²) in [6, 6.07) is 7.40. The predicted molar refractivity (Wildman–Crippen MR) is 80.2 cm³/mol. The van der Waals surface area contributed by atoms with Gasteiger partial charge in [0.05, 0.1) is 18.0 Å². The molecule has 4 nitrogen and oxygen atoms in total. The first kappa shape index (κ1) is 15.8. The number of hydrogen-bond acceptors (Lipinski definition) is 3. The van der Waals surface area contributed by atoms with Gasteiger partial charge in [-0.05, 0) is 25.0 Å². The highest BCUT2D eigenvalue weighted by Gasteiger charge is 2.30. The van der Waals surface area contributed by atoms with Crippen molar-refractivity contribution < 1.29 is 13.2 Å². The number of hydrogen-bond donors (Lipinski definition) is 0. The van der Waals surface area contributed by atoms with Crippen LogP contribution < -0.4 is 0 Å². The van der Waals surface area contributed by atoms with Crippen molar-refractivity contribution in [1.29, 1.82) is 0 Å². The third-order valence-electron chi connectivity index (χ3n) is 3.27. The van der Waals surface area contributed by atoms with Crippen LogP contribution in [-0.2, 0) is 26.4 Å². The zero-order valence-electron chi connectivity index (χ0n) is 11.8. The Kier molecular flexibility index (Phi) is 5.07. The average Bonchev–Trinajstić information content (AvgIpc) is 2.37. The normalized spacial score (nSPS) is 24.8. The Balaban J connectivity index is 2.14. The molecule has 1 fully saturated rings. The number of nitrogens with zero attached hydrogens (tertiary/aromatic N) is 1. The summed E-state index contributed by atoms with van der Waals surface area (Å²) < 4.78 is 32.1. The van der Waals surface area contributed by atoms with E-state index >= 15 is 0 Å². The summed E-state index contributed by atoms with van der Waals surface area (Å²) >= 11 is 5.78. The minimum Gasteiger partial charge on any atom is -0.373 e. The summed E-state index contributed by atoms with van der Waals surface area (Å²) in [4.78, 5) is 0. The highest BCUT2D eigenvalue weighted by Crippen LogP contribution is 2.19. The van der Waals surface area contributed by atoms with E-state index in [0.717, 1.165) is 11.1 Å². The van der Waals surface area contributed by atoms with Crippen LogP contribution in [-0.4, -0.2) is 38.0 Å². The second kappa shape index (κ2) is 6.43. The first-order valence-corrected chi connectivity index (χ1v) is 8.82. The molecular formula is C14H20ClNO3S. The molecule has 1 aromatic carbocycles. The lowest BCUT2D eigenvalue weighted by Crippen LogP contribution is -2.48. The van der Waals surface area contributed by atoms with E-state index in [1.165, 1.54) is 4.31 Å². The molecule has 0 spiro atoms. The number of alkyl halides is 1. The van der Waals surface area contributed by atoms with Gasteiger partial charge in [-0.25, -0.2) is 8.42 Å². The zero-order valence-corrected chi connectivity index (χ0v) is 13.3. The molecule has 1 aliphatic rings. The standard InChI is InChI=1S/C14H20ClNO3S/c1-11-8-16(9-12(2)19-11)20(17,18)10-14-5-3-4-13(6-14)7-15/h3-6,11-12H,7-10H2,1-2H3/t11-,12+.